The zero-order chi connectivity index (χ0) is 24.8. The number of nitrogens with one attached hydrogen (secondary N) is 2. The van der Waals surface area contributed by atoms with E-state index >= 15 is 0 Å². The van der Waals surface area contributed by atoms with Crippen molar-refractivity contribution in [1.82, 2.24) is 14.6 Å². The monoisotopic (exact) mass is 575 g/mol. The van der Waals surface area contributed by atoms with Crippen molar-refractivity contribution in [2.75, 3.05) is 24.1 Å². The number of thiazole rings is 1. The maximum atomic E-state index is 12.8. The van der Waals surface area contributed by atoms with Gasteiger partial charge in [-0.2, -0.15) is 12.7 Å². The van der Waals surface area contributed by atoms with E-state index in [1.807, 2.05) is 6.92 Å². The Bertz CT molecular complexity index is 1060. The number of hydrogen-bond acceptors (Lipinski definition) is 12. The first-order chi connectivity index (χ1) is 15.5. The molecular formula is C15H18ClN5O7S5. The summed E-state index contributed by atoms with van der Waals surface area (Å²) >= 11 is 13.8. The lowest BCUT2D eigenvalue weighted by Crippen LogP contribution is -2.71. The molecule has 2 heterocycles. The lowest BCUT2D eigenvalue weighted by atomic mass is 10.1. The molecule has 3 amide bonds. The van der Waals surface area contributed by atoms with E-state index in [1.54, 1.807) is 0 Å². The molecule has 2 atom stereocenters. The van der Waals surface area contributed by atoms with Gasteiger partial charge in [-0.3, -0.25) is 18.9 Å². The molecule has 0 spiro atoms. The summed E-state index contributed by atoms with van der Waals surface area (Å²) in [6.45, 7) is 1.93. The van der Waals surface area contributed by atoms with E-state index in [2.05, 4.69) is 25.6 Å². The van der Waals surface area contributed by atoms with Gasteiger partial charge in [0.15, 0.2) is 10.8 Å². The fraction of sp³-hybridized carbons (Fsp3) is 0.467. The molecule has 0 saturated carbocycles. The van der Waals surface area contributed by atoms with Gasteiger partial charge < -0.3 is 15.5 Å². The highest BCUT2D eigenvalue weighted by Crippen LogP contribution is 2.36. The molecule has 1 aliphatic heterocycles. The minimum atomic E-state index is -4.87. The Morgan fingerprint density at radius 3 is 2.76 bits per heavy atom. The molecule has 1 fully saturated rings. The van der Waals surface area contributed by atoms with Gasteiger partial charge >= 0.3 is 10.3 Å². The number of halogens is 1. The van der Waals surface area contributed by atoms with Gasteiger partial charge in [0.2, 0.25) is 5.91 Å². The average molecular weight is 576 g/mol. The molecule has 0 aliphatic carbocycles. The molecule has 1 aromatic rings. The molecule has 3 N–H and O–H groups in total. The van der Waals surface area contributed by atoms with Gasteiger partial charge in [-0.25, -0.2) is 4.98 Å². The Morgan fingerprint density at radius 2 is 2.18 bits per heavy atom. The summed E-state index contributed by atoms with van der Waals surface area (Å²) in [5.41, 5.74) is -0.300. The fourth-order valence-corrected chi connectivity index (χ4v) is 6.76. The summed E-state index contributed by atoms with van der Waals surface area (Å²) in [6.07, 6.45) is 0.814. The Labute approximate surface area is 212 Å². The van der Waals surface area contributed by atoms with Gasteiger partial charge in [0.05, 0.1) is 0 Å². The number of hydrogen-bond donors (Lipinski definition) is 3. The van der Waals surface area contributed by atoms with Crippen LogP contribution >= 0.6 is 58.7 Å². The van der Waals surface area contributed by atoms with Crippen molar-refractivity contribution in [3.63, 3.8) is 0 Å². The normalized spacial score (nSPS) is 18.5. The number of alkyl halides is 1. The first-order valence-corrected chi connectivity index (χ1v) is 14.0. The van der Waals surface area contributed by atoms with Crippen molar-refractivity contribution in [3.05, 3.63) is 11.1 Å². The summed E-state index contributed by atoms with van der Waals surface area (Å²) < 4.78 is 33.2. The van der Waals surface area contributed by atoms with Gasteiger partial charge in [-0.1, -0.05) is 36.1 Å². The SMILES string of the molecule is CCCSC(=S)SC1C(NC(=O)C(=NOC)c2csc(NC(=O)CCl)n2)C(=O)N1S(=O)(=O)O. The number of thioether (sulfide) groups is 2. The van der Waals surface area contributed by atoms with E-state index in [4.69, 9.17) is 23.8 Å². The van der Waals surface area contributed by atoms with Crippen molar-refractivity contribution in [1.29, 1.82) is 0 Å². The summed E-state index contributed by atoms with van der Waals surface area (Å²) in [6, 6.07) is -1.32. The van der Waals surface area contributed by atoms with Gasteiger partial charge in [-0.15, -0.1) is 34.7 Å². The lowest BCUT2D eigenvalue weighted by Gasteiger charge is -2.43. The minimum Gasteiger partial charge on any atom is -0.398 e. The lowest BCUT2D eigenvalue weighted by molar-refractivity contribution is -0.140. The first-order valence-electron chi connectivity index (χ1n) is 8.91. The summed E-state index contributed by atoms with van der Waals surface area (Å²) in [4.78, 5) is 45.4. The van der Waals surface area contributed by atoms with Crippen molar-refractivity contribution in [3.8, 4) is 0 Å². The number of thiocarbonyl (C=S) groups is 1. The standard InChI is InChI=1S/C15H18ClN5O7S5/c1-3-4-30-15(29)32-13-10(12(24)21(13)33(25,26)27)19-11(23)9(20-28-2)7-6-31-14(17-7)18-8(22)5-16/h6,10,13H,3-5H2,1-2H3,(H,19,23)(H,17,18,22)(H,25,26,27). The van der Waals surface area contributed by atoms with Crippen LogP contribution in [0.5, 0.6) is 0 Å². The van der Waals surface area contributed by atoms with Crippen LogP contribution < -0.4 is 10.6 Å². The number of aromatic nitrogens is 1. The maximum absolute atomic E-state index is 12.8. The van der Waals surface area contributed by atoms with E-state index in [0.717, 1.165) is 29.5 Å². The highest BCUT2D eigenvalue weighted by Gasteiger charge is 2.55. The van der Waals surface area contributed by atoms with Crippen LogP contribution in [0.25, 0.3) is 0 Å². The quantitative estimate of drug-likeness (QED) is 0.0918. The Kier molecular flexibility index (Phi) is 10.3. The summed E-state index contributed by atoms with van der Waals surface area (Å²) in [5.74, 6) is -2.07. The van der Waals surface area contributed by atoms with Crippen LogP contribution in [0.3, 0.4) is 0 Å². The molecule has 2 rings (SSSR count). The molecule has 2 unspecified atom stereocenters. The third-order valence-corrected chi connectivity index (χ3v) is 8.78. The van der Waals surface area contributed by atoms with E-state index in [0.29, 0.717) is 9.28 Å². The fourth-order valence-electron chi connectivity index (χ4n) is 2.35. The Morgan fingerprint density at radius 1 is 1.48 bits per heavy atom. The molecule has 0 radical (unpaired) electrons. The second kappa shape index (κ2) is 12.3. The van der Waals surface area contributed by atoms with Gasteiger partial charge in [0, 0.05) is 5.38 Å². The van der Waals surface area contributed by atoms with E-state index in [9.17, 15) is 27.4 Å². The topological polar surface area (TPSA) is 167 Å². The zero-order valence-corrected chi connectivity index (χ0v) is 21.8. The second-order valence-electron chi connectivity index (χ2n) is 6.01. The van der Waals surface area contributed by atoms with Crippen LogP contribution in [-0.4, -0.2) is 79.4 Å². The number of amides is 3. The van der Waals surface area contributed by atoms with Crippen LogP contribution in [0.15, 0.2) is 10.5 Å². The van der Waals surface area contributed by atoms with Crippen molar-refractivity contribution in [2.24, 2.45) is 5.16 Å². The predicted octanol–water partition coefficient (Wildman–Crippen LogP) is 1.29. The van der Waals surface area contributed by atoms with Gasteiger partial charge in [0.1, 0.15) is 33.6 Å². The van der Waals surface area contributed by atoms with Crippen molar-refractivity contribution in [2.45, 2.75) is 24.8 Å². The number of carbonyl (C=O) groups is 3. The van der Waals surface area contributed by atoms with E-state index in [-0.39, 0.29) is 26.7 Å². The molecule has 0 bridgehead atoms. The van der Waals surface area contributed by atoms with Gasteiger partial charge in [0.25, 0.3) is 11.8 Å². The molecule has 1 aromatic heterocycles. The minimum absolute atomic E-state index is 0.0286. The summed E-state index contributed by atoms with van der Waals surface area (Å²) in [7, 11) is -3.68. The molecule has 18 heteroatoms. The number of nitrogens with zero attached hydrogens (tertiary/aromatic N) is 3. The van der Waals surface area contributed by atoms with Crippen LogP contribution in [0.2, 0.25) is 0 Å². The van der Waals surface area contributed by atoms with Crippen LogP contribution in [0.4, 0.5) is 5.13 Å². The number of β-lactam (4-membered cyclic amide) rings is 1. The average Bonchev–Trinajstić information content (AvgIpc) is 3.20. The van der Waals surface area contributed by atoms with Crippen LogP contribution in [-0.2, 0) is 29.5 Å². The highest BCUT2D eigenvalue weighted by atomic mass is 35.5. The molecule has 12 nitrogen and oxygen atoms in total. The molecule has 33 heavy (non-hydrogen) atoms. The molecule has 182 valence electrons. The number of rotatable bonds is 10. The molecular weight excluding hydrogens is 558 g/mol. The van der Waals surface area contributed by atoms with Crippen molar-refractivity contribution >= 4 is 101 Å². The Hall–Kier alpha value is -1.50. The highest BCUT2D eigenvalue weighted by molar-refractivity contribution is 8.47. The largest absolute Gasteiger partial charge is 0.398 e. The number of oxime groups is 1. The second-order valence-corrected chi connectivity index (χ2v) is 11.8. The molecule has 1 saturated heterocycles. The van der Waals surface area contributed by atoms with E-state index < -0.39 is 39.4 Å². The predicted molar refractivity (Wildman–Crippen MR) is 132 cm³/mol. The smallest absolute Gasteiger partial charge is 0.363 e. The summed E-state index contributed by atoms with van der Waals surface area (Å²) in [5, 5.41) is 8.79. The third-order valence-electron chi connectivity index (χ3n) is 3.69. The zero-order valence-electron chi connectivity index (χ0n) is 17.0. The maximum Gasteiger partial charge on any atom is 0.363 e. The molecule has 1 aliphatic rings. The van der Waals surface area contributed by atoms with Crippen LogP contribution in [0, 0.1) is 0 Å². The first kappa shape index (κ1) is 27.7. The van der Waals surface area contributed by atoms with Gasteiger partial charge in [-0.05, 0) is 12.2 Å². The van der Waals surface area contributed by atoms with E-state index in [1.165, 1.54) is 24.3 Å². The van der Waals surface area contributed by atoms with Crippen molar-refractivity contribution < 1.29 is 32.2 Å². The van der Waals surface area contributed by atoms with Crippen LogP contribution in [0.1, 0.15) is 19.0 Å². The number of anilines is 1. The molecule has 0 aromatic carbocycles. The number of carbonyl (C=O) groups excluding carboxylic acids is 3. The third kappa shape index (κ3) is 7.24. The Balaban J connectivity index is 2.21.